The molecule has 31 heavy (non-hydrogen) atoms. The zero-order valence-electron chi connectivity index (χ0n) is 18.8. The van der Waals surface area contributed by atoms with Crippen molar-refractivity contribution in [2.45, 2.75) is 75.8 Å². The molecule has 3 fully saturated rings. The number of rotatable bonds is 6. The van der Waals surface area contributed by atoms with Gasteiger partial charge in [-0.15, -0.1) is 0 Å². The number of allylic oxidation sites excluding steroid dienone is 2. The number of nitrogens with zero attached hydrogens (tertiary/aromatic N) is 1. The molecule has 0 saturated heterocycles. The third-order valence-corrected chi connectivity index (χ3v) is 9.48. The summed E-state index contributed by atoms with van der Waals surface area (Å²) in [5.41, 5.74) is 4.60. The summed E-state index contributed by atoms with van der Waals surface area (Å²) < 4.78 is 13.3. The van der Waals surface area contributed by atoms with Crippen molar-refractivity contribution in [2.24, 2.45) is 17.3 Å². The Kier molecular flexibility index (Phi) is 4.88. The highest BCUT2D eigenvalue weighted by Crippen LogP contribution is 2.77. The van der Waals surface area contributed by atoms with Gasteiger partial charge in [0.1, 0.15) is 16.4 Å². The molecule has 1 heterocycles. The van der Waals surface area contributed by atoms with Gasteiger partial charge < -0.3 is 9.47 Å². The van der Waals surface area contributed by atoms with E-state index in [-0.39, 0.29) is 11.0 Å². The Morgan fingerprint density at radius 2 is 1.97 bits per heavy atom. The first-order valence-corrected chi connectivity index (χ1v) is 13.2. The lowest BCUT2D eigenvalue weighted by molar-refractivity contribution is -0.0269. The summed E-state index contributed by atoms with van der Waals surface area (Å²) in [5, 5.41) is 1.10. The maximum Gasteiger partial charge on any atom is 0.120 e. The van der Waals surface area contributed by atoms with Crippen LogP contribution in [0, 0.1) is 17.3 Å². The molecule has 6 rings (SSSR count). The largest absolute Gasteiger partial charge is 0.497 e. The zero-order valence-corrected chi connectivity index (χ0v) is 19.6. The highest BCUT2D eigenvalue weighted by Gasteiger charge is 2.72. The molecule has 164 valence electrons. The van der Waals surface area contributed by atoms with Crippen molar-refractivity contribution in [1.29, 1.82) is 0 Å². The van der Waals surface area contributed by atoms with Crippen LogP contribution in [0.5, 0.6) is 0 Å². The van der Waals surface area contributed by atoms with Gasteiger partial charge in [-0.05, 0) is 69.7 Å². The fraction of sp³-hybridized carbons (Fsp3) is 0.593. The first kappa shape index (κ1) is 20.1. The molecule has 0 N–H and O–H groups in total. The van der Waals surface area contributed by atoms with E-state index in [1.807, 2.05) is 24.0 Å². The van der Waals surface area contributed by atoms with Crippen molar-refractivity contribution < 1.29 is 9.47 Å². The van der Waals surface area contributed by atoms with E-state index in [2.05, 4.69) is 37.0 Å². The highest BCUT2D eigenvalue weighted by atomic mass is 32.2. The van der Waals surface area contributed by atoms with E-state index in [4.69, 9.17) is 9.47 Å². The van der Waals surface area contributed by atoms with E-state index in [0.29, 0.717) is 11.8 Å². The van der Waals surface area contributed by atoms with Gasteiger partial charge in [0.15, 0.2) is 0 Å². The van der Waals surface area contributed by atoms with Crippen molar-refractivity contribution in [3.63, 3.8) is 0 Å². The maximum atomic E-state index is 6.83. The minimum atomic E-state index is -0.309. The Labute approximate surface area is 190 Å². The molecule has 0 radical (unpaired) electrons. The molecule has 1 aromatic heterocycles. The molecule has 1 aromatic rings. The summed E-state index contributed by atoms with van der Waals surface area (Å²) in [6.45, 7) is 5.78. The second kappa shape index (κ2) is 7.52. The number of fused-ring (bicyclic) bond motifs is 3. The zero-order chi connectivity index (χ0) is 21.1. The molecule has 3 nitrogen and oxygen atoms in total. The third kappa shape index (κ3) is 2.61. The Bertz CT molecular complexity index is 980. The van der Waals surface area contributed by atoms with Gasteiger partial charge in [-0.2, -0.15) is 0 Å². The van der Waals surface area contributed by atoms with Gasteiger partial charge in [0.05, 0.1) is 6.61 Å². The predicted octanol–water partition coefficient (Wildman–Crippen LogP) is 6.83. The van der Waals surface area contributed by atoms with E-state index in [1.54, 1.807) is 11.1 Å². The molecule has 0 amide bonds. The van der Waals surface area contributed by atoms with Crippen molar-refractivity contribution in [2.75, 3.05) is 13.2 Å². The topological polar surface area (TPSA) is 31.4 Å². The van der Waals surface area contributed by atoms with Crippen molar-refractivity contribution >= 4 is 11.8 Å². The Morgan fingerprint density at radius 1 is 1.06 bits per heavy atom. The van der Waals surface area contributed by atoms with Crippen LogP contribution in [-0.2, 0) is 9.47 Å². The smallest absolute Gasteiger partial charge is 0.120 e. The average Bonchev–Trinajstić information content (AvgIpc) is 3.36. The molecular formula is C27H33NO2S. The quantitative estimate of drug-likeness (QED) is 0.490. The molecule has 3 saturated carbocycles. The van der Waals surface area contributed by atoms with Gasteiger partial charge >= 0.3 is 0 Å². The average molecular weight is 436 g/mol. The summed E-state index contributed by atoms with van der Waals surface area (Å²) in [5.74, 6) is 2.27. The number of hydrogen-bond acceptors (Lipinski definition) is 4. The lowest BCUT2D eigenvalue weighted by Gasteiger charge is -2.42. The van der Waals surface area contributed by atoms with Crippen molar-refractivity contribution in [3.8, 4) is 0 Å². The van der Waals surface area contributed by atoms with Gasteiger partial charge in [-0.3, -0.25) is 0 Å². The molecular weight excluding hydrogens is 402 g/mol. The molecule has 0 aromatic carbocycles. The standard InChI is InChI=1S/C27H33NO2S/c1-3-29-25-19-12-6-5-11-18(19)23-24(25)27(30-4-2)17-21(31-22-14-8-10-16-28-22)26(23)15-9-7-13-20(26)27/h8,10,14,16-17,19-20H,3-7,9,11-13,15H2,1-2H3/t19?,20-,26+,27-/m1/s1. The van der Waals surface area contributed by atoms with E-state index in [1.165, 1.54) is 67.6 Å². The molecule has 5 aliphatic carbocycles. The van der Waals surface area contributed by atoms with Crippen LogP contribution in [0.1, 0.15) is 65.2 Å². The molecule has 1 unspecified atom stereocenters. The maximum absolute atomic E-state index is 6.83. The van der Waals surface area contributed by atoms with E-state index >= 15 is 0 Å². The summed E-state index contributed by atoms with van der Waals surface area (Å²) in [7, 11) is 0. The SMILES string of the molecule is CCOC1=C2C(=C3CCCCC31)[C@@]13CCCC[C@H]1[C@]2(OCC)C=C3Sc1ccccn1. The van der Waals surface area contributed by atoms with Crippen molar-refractivity contribution in [3.05, 3.63) is 57.9 Å². The third-order valence-electron chi connectivity index (χ3n) is 8.33. The van der Waals surface area contributed by atoms with Gasteiger partial charge in [-0.25, -0.2) is 4.98 Å². The lowest BCUT2D eigenvalue weighted by atomic mass is 9.65. The van der Waals surface area contributed by atoms with Crippen LogP contribution < -0.4 is 0 Å². The normalized spacial score (nSPS) is 35.7. The fourth-order valence-corrected chi connectivity index (χ4v) is 8.77. The van der Waals surface area contributed by atoms with Gasteiger partial charge in [-0.1, -0.05) is 42.7 Å². The molecule has 0 spiro atoms. The van der Waals surface area contributed by atoms with Crippen LogP contribution in [0.2, 0.25) is 0 Å². The Hall–Kier alpha value is -1.52. The molecule has 5 aliphatic rings. The number of hydrogen-bond donors (Lipinski definition) is 0. The molecule has 0 aliphatic heterocycles. The number of thioether (sulfide) groups is 1. The number of aromatic nitrogens is 1. The van der Waals surface area contributed by atoms with Gasteiger partial charge in [0.2, 0.25) is 0 Å². The van der Waals surface area contributed by atoms with Crippen LogP contribution in [0.3, 0.4) is 0 Å². The minimum Gasteiger partial charge on any atom is -0.497 e. The number of pyridine rings is 1. The van der Waals surface area contributed by atoms with Crippen LogP contribution in [0.25, 0.3) is 0 Å². The fourth-order valence-electron chi connectivity index (χ4n) is 7.52. The van der Waals surface area contributed by atoms with E-state index < -0.39 is 0 Å². The molecule has 4 atom stereocenters. The minimum absolute atomic E-state index is 0.106. The van der Waals surface area contributed by atoms with Gasteiger partial charge in [0.25, 0.3) is 0 Å². The molecule has 2 bridgehead atoms. The van der Waals surface area contributed by atoms with Crippen molar-refractivity contribution in [1.82, 2.24) is 4.98 Å². The summed E-state index contributed by atoms with van der Waals surface area (Å²) in [6.07, 6.45) is 14.6. The van der Waals surface area contributed by atoms with E-state index in [9.17, 15) is 0 Å². The Balaban J connectivity index is 1.59. The first-order chi connectivity index (χ1) is 15.3. The van der Waals surface area contributed by atoms with Crippen LogP contribution in [-0.4, -0.2) is 23.8 Å². The highest BCUT2D eigenvalue weighted by molar-refractivity contribution is 8.03. The van der Waals surface area contributed by atoms with Crippen LogP contribution in [0.15, 0.2) is 62.9 Å². The second-order valence-corrected chi connectivity index (χ2v) is 10.7. The first-order valence-electron chi connectivity index (χ1n) is 12.3. The summed E-state index contributed by atoms with van der Waals surface area (Å²) >= 11 is 1.89. The Morgan fingerprint density at radius 3 is 2.77 bits per heavy atom. The van der Waals surface area contributed by atoms with Gasteiger partial charge in [0, 0.05) is 40.5 Å². The summed E-state index contributed by atoms with van der Waals surface area (Å²) in [4.78, 5) is 6.17. The summed E-state index contributed by atoms with van der Waals surface area (Å²) in [6, 6.07) is 6.26. The van der Waals surface area contributed by atoms with Crippen LogP contribution in [0.4, 0.5) is 0 Å². The van der Waals surface area contributed by atoms with E-state index in [0.717, 1.165) is 18.2 Å². The predicted molar refractivity (Wildman–Crippen MR) is 125 cm³/mol. The number of ether oxygens (including phenoxy) is 2. The monoisotopic (exact) mass is 435 g/mol. The lowest BCUT2D eigenvalue weighted by Crippen LogP contribution is -2.40. The second-order valence-electron chi connectivity index (χ2n) is 9.65. The molecule has 4 heteroatoms. The van der Waals surface area contributed by atoms with Crippen LogP contribution >= 0.6 is 11.8 Å².